The molecule has 2 fully saturated rings. The van der Waals surface area contributed by atoms with E-state index in [9.17, 15) is 5.11 Å². The maximum absolute atomic E-state index is 10.9. The Hall–Kier alpha value is 2.13. The third kappa shape index (κ3) is 6.41. The smallest absolute Gasteiger partial charge is 0.132 e. The summed E-state index contributed by atoms with van der Waals surface area (Å²) in [4.78, 5) is 1.04. The Labute approximate surface area is 266 Å². The molecule has 0 bridgehead atoms. The molecule has 0 unspecified atom stereocenters. The second-order valence-electron chi connectivity index (χ2n) is 10.5. The number of phenolic OH excluding ortho intramolecular Hbond substituents is 1. The van der Waals surface area contributed by atoms with E-state index in [1.54, 1.807) is 5.57 Å². The SMILES string of the molecule is CC1(C)[C@H](Br)CC/C(=C/I)[C@@H]1CC[C@@]1(C)[C@H](Cc2cc(Br)cc(I)c2O)/C(=C\I)CC[C@@H]1Br. The second-order valence-corrected chi connectivity index (χ2v) is 16.0. The molecule has 1 aromatic rings. The minimum absolute atomic E-state index is 0.126. The third-order valence-corrected chi connectivity index (χ3v) is 14.3. The van der Waals surface area contributed by atoms with E-state index in [-0.39, 0.29) is 10.8 Å². The zero-order chi connectivity index (χ0) is 24.6. The molecule has 2 aliphatic carbocycles. The lowest BCUT2D eigenvalue weighted by Gasteiger charge is -2.50. The summed E-state index contributed by atoms with van der Waals surface area (Å²) in [6, 6.07) is 4.10. The van der Waals surface area contributed by atoms with E-state index in [2.05, 4.69) is 151 Å². The Bertz CT molecular complexity index is 930. The lowest BCUT2D eigenvalue weighted by Crippen LogP contribution is -2.44. The molecule has 33 heavy (non-hydrogen) atoms. The molecule has 3 rings (SSSR count). The van der Waals surface area contributed by atoms with Crippen molar-refractivity contribution in [2.24, 2.45) is 22.7 Å². The zero-order valence-electron chi connectivity index (χ0n) is 19.3. The standard InChI is InChI=1S/C26H32Br3I3O/c1-25(2)19(15(13-30)4-6-22(25)28)8-9-26(3)20(16(14-31)5-7-23(26)29)11-17-10-18(27)12-21(32)24(17)33/h10,12-14,19-20,22-23,33H,4-9,11H2,1-3H3/b15-13-,16-14-/t19-,20+,22+,23-,26-/m0/s1. The van der Waals surface area contributed by atoms with Crippen molar-refractivity contribution in [3.05, 3.63) is 45.1 Å². The summed E-state index contributed by atoms with van der Waals surface area (Å²) in [5.41, 5.74) is 4.59. The molecule has 7 heteroatoms. The molecular weight excluding hydrogens is 949 g/mol. The highest BCUT2D eigenvalue weighted by molar-refractivity contribution is 14.1. The van der Waals surface area contributed by atoms with Crippen LogP contribution in [0.4, 0.5) is 0 Å². The largest absolute Gasteiger partial charge is 0.507 e. The molecular formula is C26H32Br3I3O. The number of alkyl halides is 2. The van der Waals surface area contributed by atoms with Crippen molar-refractivity contribution in [3.63, 3.8) is 0 Å². The lowest BCUT2D eigenvalue weighted by atomic mass is 9.58. The maximum Gasteiger partial charge on any atom is 0.132 e. The Morgan fingerprint density at radius 3 is 2.18 bits per heavy atom. The van der Waals surface area contributed by atoms with Crippen molar-refractivity contribution in [1.82, 2.24) is 0 Å². The molecule has 5 atom stereocenters. The van der Waals surface area contributed by atoms with Gasteiger partial charge in [0.05, 0.1) is 3.57 Å². The van der Waals surface area contributed by atoms with E-state index in [1.807, 2.05) is 6.07 Å². The quantitative estimate of drug-likeness (QED) is 0.230. The van der Waals surface area contributed by atoms with Gasteiger partial charge in [0.1, 0.15) is 5.75 Å². The number of rotatable bonds is 5. The van der Waals surface area contributed by atoms with E-state index in [4.69, 9.17) is 0 Å². The molecule has 0 spiro atoms. The summed E-state index contributed by atoms with van der Waals surface area (Å²) < 4.78 is 6.62. The zero-order valence-corrected chi connectivity index (χ0v) is 30.5. The van der Waals surface area contributed by atoms with Crippen molar-refractivity contribution >= 4 is 116 Å². The van der Waals surface area contributed by atoms with Gasteiger partial charge in [0, 0.05) is 14.1 Å². The Kier molecular flexibility index (Phi) is 11.1. The maximum atomic E-state index is 10.9. The third-order valence-electron chi connectivity index (χ3n) is 8.27. The highest BCUT2D eigenvalue weighted by Crippen LogP contribution is 2.56. The molecule has 0 amide bonds. The normalized spacial score (nSPS) is 34.7. The molecule has 1 nitrogen and oxygen atoms in total. The second kappa shape index (κ2) is 12.3. The predicted molar refractivity (Wildman–Crippen MR) is 178 cm³/mol. The molecule has 1 aromatic carbocycles. The van der Waals surface area contributed by atoms with Crippen molar-refractivity contribution in [1.29, 1.82) is 0 Å². The summed E-state index contributed by atoms with van der Waals surface area (Å²) in [6.45, 7) is 7.38. The summed E-state index contributed by atoms with van der Waals surface area (Å²) in [7, 11) is 0. The van der Waals surface area contributed by atoms with E-state index in [0.29, 0.717) is 27.2 Å². The van der Waals surface area contributed by atoms with Crippen molar-refractivity contribution in [2.45, 2.75) is 75.4 Å². The topological polar surface area (TPSA) is 20.2 Å². The van der Waals surface area contributed by atoms with Gasteiger partial charge in [-0.2, -0.15) is 0 Å². The van der Waals surface area contributed by atoms with Gasteiger partial charge in [0.2, 0.25) is 0 Å². The molecule has 0 aromatic heterocycles. The van der Waals surface area contributed by atoms with Crippen LogP contribution in [-0.4, -0.2) is 14.8 Å². The first-order valence-corrected chi connectivity index (χ1v) is 17.7. The first-order chi connectivity index (χ1) is 15.4. The van der Waals surface area contributed by atoms with Crippen LogP contribution in [0.1, 0.15) is 64.9 Å². The van der Waals surface area contributed by atoms with Crippen LogP contribution < -0.4 is 0 Å². The Morgan fingerprint density at radius 1 is 1.00 bits per heavy atom. The molecule has 0 saturated heterocycles. The predicted octanol–water partition coefficient (Wildman–Crippen LogP) is 11.1. The number of hydrogen-bond acceptors (Lipinski definition) is 1. The molecule has 0 radical (unpaired) electrons. The molecule has 0 heterocycles. The van der Waals surface area contributed by atoms with Gasteiger partial charge >= 0.3 is 0 Å². The fourth-order valence-electron chi connectivity index (χ4n) is 5.94. The molecule has 0 aliphatic heterocycles. The average Bonchev–Trinajstić information content (AvgIpc) is 2.76. The van der Waals surface area contributed by atoms with Gasteiger partial charge in [-0.25, -0.2) is 0 Å². The van der Waals surface area contributed by atoms with E-state index in [0.717, 1.165) is 26.4 Å². The van der Waals surface area contributed by atoms with Gasteiger partial charge in [0.15, 0.2) is 0 Å². The summed E-state index contributed by atoms with van der Waals surface area (Å²) in [5, 5.41) is 10.9. The van der Waals surface area contributed by atoms with Crippen LogP contribution in [0.25, 0.3) is 0 Å². The van der Waals surface area contributed by atoms with Gasteiger partial charge in [-0.15, -0.1) is 0 Å². The van der Waals surface area contributed by atoms with Gasteiger partial charge in [-0.1, -0.05) is 125 Å². The van der Waals surface area contributed by atoms with Crippen molar-refractivity contribution in [3.8, 4) is 5.75 Å². The highest BCUT2D eigenvalue weighted by atomic mass is 127. The Balaban J connectivity index is 1.94. The van der Waals surface area contributed by atoms with Crippen LogP contribution in [0.15, 0.2) is 35.9 Å². The number of halogens is 6. The molecule has 2 saturated carbocycles. The van der Waals surface area contributed by atoms with Gasteiger partial charge in [0.25, 0.3) is 0 Å². The van der Waals surface area contributed by atoms with E-state index in [1.165, 1.54) is 37.7 Å². The van der Waals surface area contributed by atoms with Gasteiger partial charge in [-0.05, 0) is 116 Å². The number of phenols is 1. The summed E-state index contributed by atoms with van der Waals surface area (Å²) >= 11 is 18.9. The Morgan fingerprint density at radius 2 is 1.58 bits per heavy atom. The highest BCUT2D eigenvalue weighted by Gasteiger charge is 2.47. The number of allylic oxidation sites excluding steroid dienone is 2. The first-order valence-electron chi connectivity index (χ1n) is 11.5. The van der Waals surface area contributed by atoms with Crippen LogP contribution in [0, 0.1) is 26.2 Å². The molecule has 2 aliphatic rings. The average molecular weight is 981 g/mol. The lowest BCUT2D eigenvalue weighted by molar-refractivity contribution is 0.118. The number of hydrogen-bond donors (Lipinski definition) is 1. The summed E-state index contributed by atoms with van der Waals surface area (Å²) in [5.74, 6) is 1.44. The monoisotopic (exact) mass is 978 g/mol. The fraction of sp³-hybridized carbons (Fsp3) is 0.615. The van der Waals surface area contributed by atoms with Crippen LogP contribution in [-0.2, 0) is 6.42 Å². The van der Waals surface area contributed by atoms with Crippen LogP contribution in [0.5, 0.6) is 5.75 Å². The first kappa shape index (κ1) is 29.7. The van der Waals surface area contributed by atoms with E-state index < -0.39 is 0 Å². The van der Waals surface area contributed by atoms with Crippen LogP contribution >= 0.6 is 116 Å². The minimum Gasteiger partial charge on any atom is -0.507 e. The molecule has 1 N–H and O–H groups in total. The van der Waals surface area contributed by atoms with Crippen molar-refractivity contribution in [2.75, 3.05) is 0 Å². The van der Waals surface area contributed by atoms with Gasteiger partial charge < -0.3 is 5.11 Å². The number of benzene rings is 1. The fourth-order valence-corrected chi connectivity index (χ4v) is 10.4. The van der Waals surface area contributed by atoms with Crippen molar-refractivity contribution < 1.29 is 5.11 Å². The van der Waals surface area contributed by atoms with Crippen LogP contribution in [0.2, 0.25) is 0 Å². The van der Waals surface area contributed by atoms with Gasteiger partial charge in [-0.3, -0.25) is 0 Å². The van der Waals surface area contributed by atoms with Crippen LogP contribution in [0.3, 0.4) is 0 Å². The van der Waals surface area contributed by atoms with E-state index >= 15 is 0 Å². The molecule has 184 valence electrons. The minimum atomic E-state index is 0.126. The number of aromatic hydroxyl groups is 1. The summed E-state index contributed by atoms with van der Waals surface area (Å²) in [6.07, 6.45) is 7.98.